The molecule has 0 aliphatic heterocycles. The summed E-state index contributed by atoms with van der Waals surface area (Å²) in [5.41, 5.74) is 8.37. The van der Waals surface area contributed by atoms with Gasteiger partial charge in [-0.05, 0) is 48.3 Å². The van der Waals surface area contributed by atoms with E-state index in [0.29, 0.717) is 0 Å². The van der Waals surface area contributed by atoms with Crippen molar-refractivity contribution in [1.29, 1.82) is 0 Å². The first kappa shape index (κ1) is 9.31. The molecule has 1 heterocycles. The van der Waals surface area contributed by atoms with Gasteiger partial charge < -0.3 is 10.8 Å². The van der Waals surface area contributed by atoms with Crippen LogP contribution in [0.15, 0.2) is 18.5 Å². The van der Waals surface area contributed by atoms with Gasteiger partial charge >= 0.3 is 0 Å². The van der Waals surface area contributed by atoms with Crippen molar-refractivity contribution in [2.24, 2.45) is 11.1 Å². The summed E-state index contributed by atoms with van der Waals surface area (Å²) in [5.74, 6) is 0. The Bertz CT molecular complexity index is 400. The maximum atomic E-state index is 9.62. The first-order valence-electron chi connectivity index (χ1n) is 5.55. The van der Waals surface area contributed by atoms with Gasteiger partial charge in [0.1, 0.15) is 0 Å². The number of hydrogen-bond acceptors (Lipinski definition) is 3. The van der Waals surface area contributed by atoms with Crippen LogP contribution < -0.4 is 5.73 Å². The Labute approximate surface area is 89.3 Å². The third-order valence-corrected chi connectivity index (χ3v) is 4.31. The fraction of sp³-hybridized carbons (Fsp3) is 0.583. The Kier molecular flexibility index (Phi) is 1.74. The molecule has 3 rings (SSSR count). The van der Waals surface area contributed by atoms with Crippen molar-refractivity contribution in [2.45, 2.75) is 31.2 Å². The molecule has 1 aromatic rings. The van der Waals surface area contributed by atoms with E-state index in [1.807, 2.05) is 18.5 Å². The van der Waals surface area contributed by atoms with Crippen LogP contribution in [0.4, 0.5) is 0 Å². The summed E-state index contributed by atoms with van der Waals surface area (Å²) < 4.78 is 0. The molecule has 0 radical (unpaired) electrons. The Morgan fingerprint density at radius 1 is 1.40 bits per heavy atom. The minimum absolute atomic E-state index is 0.0334. The van der Waals surface area contributed by atoms with Gasteiger partial charge in [-0.1, -0.05) is 0 Å². The SMILES string of the molecule is NC1(CO)c2cnccc2CCC12CC2. The molecular formula is C12H16N2O. The van der Waals surface area contributed by atoms with Gasteiger partial charge in [0, 0.05) is 12.4 Å². The quantitative estimate of drug-likeness (QED) is 0.716. The van der Waals surface area contributed by atoms with Crippen molar-refractivity contribution in [1.82, 2.24) is 4.98 Å². The molecule has 0 bridgehead atoms. The average Bonchev–Trinajstić information content (AvgIpc) is 3.06. The largest absolute Gasteiger partial charge is 0.394 e. The zero-order valence-corrected chi connectivity index (χ0v) is 8.74. The Morgan fingerprint density at radius 3 is 2.87 bits per heavy atom. The van der Waals surface area contributed by atoms with Gasteiger partial charge in [-0.25, -0.2) is 0 Å². The molecule has 3 N–H and O–H groups in total. The van der Waals surface area contributed by atoms with Crippen molar-refractivity contribution < 1.29 is 5.11 Å². The molecule has 80 valence electrons. The zero-order valence-electron chi connectivity index (χ0n) is 8.74. The van der Waals surface area contributed by atoms with Crippen LogP contribution in [0.5, 0.6) is 0 Å². The van der Waals surface area contributed by atoms with E-state index in [1.165, 1.54) is 5.56 Å². The molecule has 0 saturated heterocycles. The van der Waals surface area contributed by atoms with Crippen LogP contribution in [0.2, 0.25) is 0 Å². The predicted molar refractivity (Wildman–Crippen MR) is 57.2 cm³/mol. The number of fused-ring (bicyclic) bond motifs is 1. The normalized spacial score (nSPS) is 31.3. The molecule has 2 aliphatic carbocycles. The predicted octanol–water partition coefficient (Wildman–Crippen LogP) is 0.954. The number of aliphatic hydroxyl groups is 1. The van der Waals surface area contributed by atoms with Gasteiger partial charge in [0.25, 0.3) is 0 Å². The number of aromatic nitrogens is 1. The summed E-state index contributed by atoms with van der Waals surface area (Å²) in [6, 6.07) is 2.03. The molecule has 3 heteroatoms. The summed E-state index contributed by atoms with van der Waals surface area (Å²) in [7, 11) is 0. The van der Waals surface area contributed by atoms with E-state index in [2.05, 4.69) is 4.98 Å². The molecule has 3 nitrogen and oxygen atoms in total. The minimum atomic E-state index is -0.547. The summed E-state index contributed by atoms with van der Waals surface area (Å²) in [6.45, 7) is 0.0334. The monoisotopic (exact) mass is 204 g/mol. The van der Waals surface area contributed by atoms with Crippen LogP contribution in [0.25, 0.3) is 0 Å². The molecule has 1 spiro atoms. The third-order valence-electron chi connectivity index (χ3n) is 4.31. The Hall–Kier alpha value is -0.930. The van der Waals surface area contributed by atoms with Crippen molar-refractivity contribution >= 4 is 0 Å². The van der Waals surface area contributed by atoms with Crippen molar-refractivity contribution in [3.63, 3.8) is 0 Å². The number of hydrogen-bond donors (Lipinski definition) is 2. The maximum absolute atomic E-state index is 9.62. The standard InChI is InChI=1S/C12H16N2O/c13-12(8-15)10-7-14-6-2-9(10)1-3-11(12)4-5-11/h2,6-7,15H,1,3-5,8,13H2. The molecule has 1 saturated carbocycles. The summed E-state index contributed by atoms with van der Waals surface area (Å²) >= 11 is 0. The average molecular weight is 204 g/mol. The molecule has 0 amide bonds. The highest BCUT2D eigenvalue weighted by molar-refractivity contribution is 5.39. The number of nitrogens with two attached hydrogens (primary N) is 1. The zero-order chi connectivity index (χ0) is 10.5. The van der Waals surface area contributed by atoms with E-state index in [9.17, 15) is 5.11 Å². The number of nitrogens with zero attached hydrogens (tertiary/aromatic N) is 1. The van der Waals surface area contributed by atoms with Crippen LogP contribution in [-0.2, 0) is 12.0 Å². The number of aliphatic hydroxyl groups excluding tert-OH is 1. The van der Waals surface area contributed by atoms with Crippen LogP contribution in [0.1, 0.15) is 30.4 Å². The highest BCUT2D eigenvalue weighted by Gasteiger charge is 2.59. The summed E-state index contributed by atoms with van der Waals surface area (Å²) in [4.78, 5) is 4.14. The number of pyridine rings is 1. The maximum Gasteiger partial charge on any atom is 0.0718 e. The molecule has 1 aromatic heterocycles. The molecule has 0 aromatic carbocycles. The van der Waals surface area contributed by atoms with E-state index in [1.54, 1.807) is 0 Å². The van der Waals surface area contributed by atoms with Crippen molar-refractivity contribution in [2.75, 3.05) is 6.61 Å². The minimum Gasteiger partial charge on any atom is -0.394 e. The second-order valence-corrected chi connectivity index (χ2v) is 4.94. The molecular weight excluding hydrogens is 188 g/mol. The topological polar surface area (TPSA) is 59.1 Å². The van der Waals surface area contributed by atoms with E-state index >= 15 is 0 Å². The lowest BCUT2D eigenvalue weighted by Gasteiger charge is -2.42. The van der Waals surface area contributed by atoms with E-state index in [4.69, 9.17) is 5.73 Å². The smallest absolute Gasteiger partial charge is 0.0718 e. The number of rotatable bonds is 1. The van der Waals surface area contributed by atoms with Gasteiger partial charge in [0.2, 0.25) is 0 Å². The van der Waals surface area contributed by atoms with Crippen molar-refractivity contribution in [3.05, 3.63) is 29.6 Å². The molecule has 1 unspecified atom stereocenters. The van der Waals surface area contributed by atoms with Gasteiger partial charge in [-0.2, -0.15) is 0 Å². The van der Waals surface area contributed by atoms with Crippen LogP contribution >= 0.6 is 0 Å². The fourth-order valence-electron chi connectivity index (χ4n) is 3.03. The van der Waals surface area contributed by atoms with E-state index < -0.39 is 5.54 Å². The van der Waals surface area contributed by atoms with Gasteiger partial charge in [-0.3, -0.25) is 4.98 Å². The lowest BCUT2D eigenvalue weighted by atomic mass is 9.68. The van der Waals surface area contributed by atoms with E-state index in [0.717, 1.165) is 31.2 Å². The Balaban J connectivity index is 2.16. The first-order chi connectivity index (χ1) is 7.22. The highest BCUT2D eigenvalue weighted by Crippen LogP contribution is 2.62. The first-order valence-corrected chi connectivity index (χ1v) is 5.55. The highest BCUT2D eigenvalue weighted by atomic mass is 16.3. The summed E-state index contributed by atoms with van der Waals surface area (Å²) in [5, 5.41) is 9.62. The number of aryl methyl sites for hydroxylation is 1. The molecule has 1 fully saturated rings. The van der Waals surface area contributed by atoms with Crippen LogP contribution in [0, 0.1) is 5.41 Å². The summed E-state index contributed by atoms with van der Waals surface area (Å²) in [6.07, 6.45) is 8.14. The second-order valence-electron chi connectivity index (χ2n) is 4.94. The molecule has 1 atom stereocenters. The van der Waals surface area contributed by atoms with Crippen LogP contribution in [0.3, 0.4) is 0 Å². The second kappa shape index (κ2) is 2.80. The lowest BCUT2D eigenvalue weighted by Crippen LogP contribution is -2.52. The van der Waals surface area contributed by atoms with Crippen molar-refractivity contribution in [3.8, 4) is 0 Å². The van der Waals surface area contributed by atoms with Gasteiger partial charge in [-0.15, -0.1) is 0 Å². The molecule has 2 aliphatic rings. The van der Waals surface area contributed by atoms with Gasteiger partial charge in [0.15, 0.2) is 0 Å². The third kappa shape index (κ3) is 1.05. The van der Waals surface area contributed by atoms with E-state index in [-0.39, 0.29) is 12.0 Å². The molecule has 15 heavy (non-hydrogen) atoms. The Morgan fingerprint density at radius 2 is 2.20 bits per heavy atom. The van der Waals surface area contributed by atoms with Crippen LogP contribution in [-0.4, -0.2) is 16.7 Å². The van der Waals surface area contributed by atoms with Gasteiger partial charge in [0.05, 0.1) is 12.1 Å². The lowest BCUT2D eigenvalue weighted by molar-refractivity contribution is 0.108. The fourth-order valence-corrected chi connectivity index (χ4v) is 3.03.